The largest absolute Gasteiger partial charge is 0.462 e. The number of carbonyl (C=O) groups is 3. The predicted molar refractivity (Wildman–Crippen MR) is 252 cm³/mol. The van der Waals surface area contributed by atoms with E-state index in [0.29, 0.717) is 19.3 Å². The molecule has 59 heavy (non-hydrogen) atoms. The Balaban J connectivity index is 4.32. The topological polar surface area (TPSA) is 78.9 Å². The zero-order chi connectivity index (χ0) is 43.0. The molecule has 0 aromatic rings. The Hall–Kier alpha value is -2.11. The summed E-state index contributed by atoms with van der Waals surface area (Å²) in [5.41, 5.74) is 0. The van der Waals surface area contributed by atoms with Crippen molar-refractivity contribution in [3.05, 3.63) is 24.3 Å². The Bertz CT molecular complexity index is 958. The number of hydrogen-bond acceptors (Lipinski definition) is 6. The molecule has 0 spiro atoms. The van der Waals surface area contributed by atoms with E-state index in [4.69, 9.17) is 14.2 Å². The van der Waals surface area contributed by atoms with Gasteiger partial charge in [0.1, 0.15) is 13.2 Å². The molecular formula is C53H98O6. The minimum atomic E-state index is -0.767. The van der Waals surface area contributed by atoms with Gasteiger partial charge in [-0.15, -0.1) is 0 Å². The second kappa shape index (κ2) is 48.6. The summed E-state index contributed by atoms with van der Waals surface area (Å²) in [5.74, 6) is -0.864. The van der Waals surface area contributed by atoms with Crippen LogP contribution in [-0.4, -0.2) is 37.2 Å². The van der Waals surface area contributed by atoms with Crippen LogP contribution in [0, 0.1) is 0 Å². The monoisotopic (exact) mass is 831 g/mol. The predicted octanol–water partition coefficient (Wildman–Crippen LogP) is 16.8. The molecule has 0 aromatic heterocycles. The molecule has 0 unspecified atom stereocenters. The van der Waals surface area contributed by atoms with Crippen molar-refractivity contribution >= 4 is 17.9 Å². The summed E-state index contributed by atoms with van der Waals surface area (Å²) in [6.45, 7) is 6.62. The third-order valence-corrected chi connectivity index (χ3v) is 11.5. The highest BCUT2D eigenvalue weighted by Gasteiger charge is 2.19. The van der Waals surface area contributed by atoms with Crippen molar-refractivity contribution in [2.75, 3.05) is 13.2 Å². The van der Waals surface area contributed by atoms with Crippen molar-refractivity contribution in [3.63, 3.8) is 0 Å². The molecule has 0 aliphatic carbocycles. The normalized spacial score (nSPS) is 12.1. The van der Waals surface area contributed by atoms with E-state index in [0.717, 1.165) is 70.6 Å². The molecule has 0 N–H and O–H groups in total. The fraction of sp³-hybridized carbons (Fsp3) is 0.868. The number of allylic oxidation sites excluding steroid dienone is 4. The molecular weight excluding hydrogens is 733 g/mol. The van der Waals surface area contributed by atoms with Gasteiger partial charge in [-0.2, -0.15) is 0 Å². The fourth-order valence-electron chi connectivity index (χ4n) is 7.53. The van der Waals surface area contributed by atoms with Crippen molar-refractivity contribution in [1.29, 1.82) is 0 Å². The lowest BCUT2D eigenvalue weighted by atomic mass is 10.0. The molecule has 0 saturated heterocycles. The first-order chi connectivity index (χ1) is 29.0. The summed E-state index contributed by atoms with van der Waals surface area (Å²) in [7, 11) is 0. The SMILES string of the molecule is CCCCC/C=C\C/C=C\CCCCCCCCCC(=O)OC[C@H](COC(=O)CCCCCCCCCCCCC)OC(=O)CCCCCCCCCCCCCCC. The molecule has 0 rings (SSSR count). The molecule has 1 atom stereocenters. The van der Waals surface area contributed by atoms with Gasteiger partial charge in [-0.1, -0.05) is 231 Å². The van der Waals surface area contributed by atoms with Crippen molar-refractivity contribution in [2.45, 2.75) is 284 Å². The van der Waals surface area contributed by atoms with Gasteiger partial charge in [0.05, 0.1) is 0 Å². The van der Waals surface area contributed by atoms with Crippen LogP contribution in [-0.2, 0) is 28.6 Å². The Kier molecular flexibility index (Phi) is 46.8. The van der Waals surface area contributed by atoms with Crippen LogP contribution < -0.4 is 0 Å². The van der Waals surface area contributed by atoms with Gasteiger partial charge in [0.15, 0.2) is 6.10 Å². The maximum absolute atomic E-state index is 12.8. The first kappa shape index (κ1) is 56.9. The molecule has 0 aliphatic heterocycles. The van der Waals surface area contributed by atoms with Crippen LogP contribution in [0.1, 0.15) is 278 Å². The van der Waals surface area contributed by atoms with Gasteiger partial charge in [0.2, 0.25) is 0 Å². The highest BCUT2D eigenvalue weighted by Crippen LogP contribution is 2.16. The number of carbonyl (C=O) groups excluding carboxylic acids is 3. The smallest absolute Gasteiger partial charge is 0.306 e. The third kappa shape index (κ3) is 46.8. The van der Waals surface area contributed by atoms with Gasteiger partial charge in [-0.3, -0.25) is 14.4 Å². The molecule has 0 saturated carbocycles. The van der Waals surface area contributed by atoms with Crippen molar-refractivity contribution in [2.24, 2.45) is 0 Å². The van der Waals surface area contributed by atoms with Gasteiger partial charge in [0, 0.05) is 19.3 Å². The van der Waals surface area contributed by atoms with Gasteiger partial charge >= 0.3 is 17.9 Å². The summed E-state index contributed by atoms with van der Waals surface area (Å²) >= 11 is 0. The van der Waals surface area contributed by atoms with E-state index in [1.807, 2.05) is 0 Å². The lowest BCUT2D eigenvalue weighted by molar-refractivity contribution is -0.167. The quantitative estimate of drug-likeness (QED) is 0.0263. The van der Waals surface area contributed by atoms with E-state index in [2.05, 4.69) is 45.1 Å². The van der Waals surface area contributed by atoms with E-state index < -0.39 is 6.10 Å². The lowest BCUT2D eigenvalue weighted by Gasteiger charge is -2.18. The average Bonchev–Trinajstić information content (AvgIpc) is 3.23. The first-order valence-electron chi connectivity index (χ1n) is 25.8. The number of unbranched alkanes of at least 4 members (excludes halogenated alkanes) is 32. The van der Waals surface area contributed by atoms with Gasteiger partial charge in [0.25, 0.3) is 0 Å². The van der Waals surface area contributed by atoms with E-state index in [9.17, 15) is 14.4 Å². The molecule has 0 heterocycles. The van der Waals surface area contributed by atoms with E-state index in [-0.39, 0.29) is 31.1 Å². The molecule has 346 valence electrons. The minimum Gasteiger partial charge on any atom is -0.462 e. The van der Waals surface area contributed by atoms with Gasteiger partial charge in [-0.05, 0) is 51.4 Å². The van der Waals surface area contributed by atoms with Crippen LogP contribution in [0.15, 0.2) is 24.3 Å². The van der Waals surface area contributed by atoms with Crippen LogP contribution in [0.5, 0.6) is 0 Å². The second-order valence-corrected chi connectivity index (χ2v) is 17.4. The number of rotatable bonds is 47. The standard InChI is InChI=1S/C53H98O6/c1-4-7-10-13-16-19-22-24-25-26-27-29-31-34-37-40-43-46-52(55)58-49-50(48-57-51(54)45-42-39-36-33-30-21-18-15-12-9-6-3)59-53(56)47-44-41-38-35-32-28-23-20-17-14-11-8-5-2/h16,19,24-25,50H,4-15,17-18,20-23,26-49H2,1-3H3/b19-16-,25-24-/t50-/m0/s1. The summed E-state index contributed by atoms with van der Waals surface area (Å²) in [4.78, 5) is 37.9. The van der Waals surface area contributed by atoms with E-state index in [1.54, 1.807) is 0 Å². The maximum Gasteiger partial charge on any atom is 0.306 e. The first-order valence-corrected chi connectivity index (χ1v) is 25.8. The van der Waals surface area contributed by atoms with Crippen LogP contribution in [0.2, 0.25) is 0 Å². The Morgan fingerprint density at radius 1 is 0.339 bits per heavy atom. The summed E-state index contributed by atoms with van der Waals surface area (Å²) < 4.78 is 16.8. The molecule has 0 aromatic carbocycles. The Labute approximate surface area is 366 Å². The van der Waals surface area contributed by atoms with Gasteiger partial charge in [-0.25, -0.2) is 0 Å². The zero-order valence-electron chi connectivity index (χ0n) is 39.5. The number of esters is 3. The van der Waals surface area contributed by atoms with Crippen molar-refractivity contribution in [1.82, 2.24) is 0 Å². The van der Waals surface area contributed by atoms with Crippen molar-refractivity contribution in [3.8, 4) is 0 Å². The molecule has 0 bridgehead atoms. The van der Waals surface area contributed by atoms with Gasteiger partial charge < -0.3 is 14.2 Å². The summed E-state index contributed by atoms with van der Waals surface area (Å²) in [5, 5.41) is 0. The zero-order valence-corrected chi connectivity index (χ0v) is 39.5. The van der Waals surface area contributed by atoms with Crippen LogP contribution in [0.4, 0.5) is 0 Å². The third-order valence-electron chi connectivity index (χ3n) is 11.5. The molecule has 0 amide bonds. The fourth-order valence-corrected chi connectivity index (χ4v) is 7.53. The molecule has 0 aliphatic rings. The molecule has 0 radical (unpaired) electrons. The Morgan fingerprint density at radius 2 is 0.610 bits per heavy atom. The number of hydrogen-bond donors (Lipinski definition) is 0. The highest BCUT2D eigenvalue weighted by atomic mass is 16.6. The summed E-state index contributed by atoms with van der Waals surface area (Å²) in [6.07, 6.45) is 54.4. The number of ether oxygens (including phenoxy) is 3. The Morgan fingerprint density at radius 3 is 0.966 bits per heavy atom. The van der Waals surface area contributed by atoms with E-state index in [1.165, 1.54) is 167 Å². The highest BCUT2D eigenvalue weighted by molar-refractivity contribution is 5.71. The summed E-state index contributed by atoms with van der Waals surface area (Å²) in [6, 6.07) is 0. The minimum absolute atomic E-state index is 0.0690. The lowest BCUT2D eigenvalue weighted by Crippen LogP contribution is -2.30. The van der Waals surface area contributed by atoms with E-state index >= 15 is 0 Å². The van der Waals surface area contributed by atoms with Crippen LogP contribution >= 0.6 is 0 Å². The molecule has 6 nitrogen and oxygen atoms in total. The average molecular weight is 831 g/mol. The van der Waals surface area contributed by atoms with Crippen molar-refractivity contribution < 1.29 is 28.6 Å². The second-order valence-electron chi connectivity index (χ2n) is 17.4. The van der Waals surface area contributed by atoms with Crippen LogP contribution in [0.25, 0.3) is 0 Å². The van der Waals surface area contributed by atoms with Crippen LogP contribution in [0.3, 0.4) is 0 Å². The molecule has 6 heteroatoms. The maximum atomic E-state index is 12.8. The molecule has 0 fully saturated rings.